The Kier molecular flexibility index (Phi) is 7.68. The number of amides is 2. The molecule has 3 rings (SSSR count). The van der Waals surface area contributed by atoms with Crippen molar-refractivity contribution in [2.45, 2.75) is 32.6 Å². The number of benzene rings is 2. The molecule has 0 spiro atoms. The van der Waals surface area contributed by atoms with Crippen molar-refractivity contribution in [3.63, 3.8) is 0 Å². The van der Waals surface area contributed by atoms with Crippen LogP contribution in [0.1, 0.15) is 45.0 Å². The van der Waals surface area contributed by atoms with Crippen LogP contribution in [0, 0.1) is 13.8 Å². The van der Waals surface area contributed by atoms with Crippen molar-refractivity contribution in [1.82, 2.24) is 4.31 Å². The summed E-state index contributed by atoms with van der Waals surface area (Å²) in [7, 11) is -3.67. The molecule has 174 valence electrons. The second-order valence-electron chi connectivity index (χ2n) is 7.47. The summed E-state index contributed by atoms with van der Waals surface area (Å²) in [6, 6.07) is 13.2. The standard InChI is InChI=1S/C24H27N3O4S2/c1-5-27(6-2)33(30,31)20-13-16(3)17(4)21(15-20)26-23(28)18-9-7-10-19(14-18)25-24(29)22-11-8-12-32-22/h7-15H,5-6H2,1-4H3,(H,25,29)(H,26,28). The molecule has 0 fully saturated rings. The molecule has 0 unspecified atom stereocenters. The van der Waals surface area contributed by atoms with Crippen LogP contribution in [0.15, 0.2) is 58.8 Å². The van der Waals surface area contributed by atoms with E-state index < -0.39 is 15.9 Å². The van der Waals surface area contributed by atoms with E-state index in [2.05, 4.69) is 10.6 Å². The molecule has 2 aromatic carbocycles. The third kappa shape index (κ3) is 5.50. The Balaban J connectivity index is 1.86. The molecule has 2 amide bonds. The van der Waals surface area contributed by atoms with Crippen LogP contribution < -0.4 is 10.6 Å². The van der Waals surface area contributed by atoms with Gasteiger partial charge in [-0.1, -0.05) is 26.0 Å². The lowest BCUT2D eigenvalue weighted by molar-refractivity contribution is 0.101. The Morgan fingerprint density at radius 3 is 2.30 bits per heavy atom. The summed E-state index contributed by atoms with van der Waals surface area (Å²) < 4.78 is 27.3. The fourth-order valence-corrected chi connectivity index (χ4v) is 5.54. The van der Waals surface area contributed by atoms with Gasteiger partial charge >= 0.3 is 0 Å². The Hall–Kier alpha value is -3.01. The molecule has 0 aliphatic heterocycles. The van der Waals surface area contributed by atoms with Crippen molar-refractivity contribution in [3.8, 4) is 0 Å². The van der Waals surface area contributed by atoms with Crippen molar-refractivity contribution < 1.29 is 18.0 Å². The van der Waals surface area contributed by atoms with Gasteiger partial charge in [0, 0.05) is 30.0 Å². The van der Waals surface area contributed by atoms with Gasteiger partial charge in [-0.05, 0) is 66.8 Å². The molecule has 0 saturated heterocycles. The molecule has 0 aliphatic rings. The number of sulfonamides is 1. The number of carbonyl (C=O) groups excluding carboxylic acids is 2. The maximum Gasteiger partial charge on any atom is 0.265 e. The van der Waals surface area contributed by atoms with Crippen LogP contribution in [-0.4, -0.2) is 37.6 Å². The molecule has 7 nitrogen and oxygen atoms in total. The van der Waals surface area contributed by atoms with Crippen LogP contribution in [-0.2, 0) is 10.0 Å². The number of carbonyl (C=O) groups is 2. The molecule has 0 bridgehead atoms. The quantitative estimate of drug-likeness (QED) is 0.474. The van der Waals surface area contributed by atoms with E-state index in [0.717, 1.165) is 11.1 Å². The lowest BCUT2D eigenvalue weighted by atomic mass is 10.1. The van der Waals surface area contributed by atoms with Crippen LogP contribution in [0.2, 0.25) is 0 Å². The van der Waals surface area contributed by atoms with Gasteiger partial charge in [0.1, 0.15) is 0 Å². The van der Waals surface area contributed by atoms with Gasteiger partial charge in [0.2, 0.25) is 10.0 Å². The molecule has 33 heavy (non-hydrogen) atoms. The maximum atomic E-state index is 13.0. The van der Waals surface area contributed by atoms with Crippen molar-refractivity contribution in [2.75, 3.05) is 23.7 Å². The highest BCUT2D eigenvalue weighted by molar-refractivity contribution is 7.89. The second-order valence-corrected chi connectivity index (χ2v) is 10.4. The molecule has 2 N–H and O–H groups in total. The summed E-state index contributed by atoms with van der Waals surface area (Å²) in [6.45, 7) is 7.93. The normalized spacial score (nSPS) is 11.4. The minimum absolute atomic E-state index is 0.140. The average molecular weight is 486 g/mol. The van der Waals surface area contributed by atoms with Crippen molar-refractivity contribution in [2.24, 2.45) is 0 Å². The molecule has 1 aromatic heterocycles. The van der Waals surface area contributed by atoms with E-state index in [0.29, 0.717) is 34.9 Å². The number of thiophene rings is 1. The van der Waals surface area contributed by atoms with Crippen molar-refractivity contribution in [3.05, 3.63) is 75.5 Å². The van der Waals surface area contributed by atoms with E-state index in [-0.39, 0.29) is 10.8 Å². The van der Waals surface area contributed by atoms with Crippen LogP contribution in [0.4, 0.5) is 11.4 Å². The first-order valence-corrected chi connectivity index (χ1v) is 12.9. The molecular weight excluding hydrogens is 458 g/mol. The van der Waals surface area contributed by atoms with E-state index >= 15 is 0 Å². The Labute approximate surface area is 198 Å². The number of nitrogens with zero attached hydrogens (tertiary/aromatic N) is 1. The van der Waals surface area contributed by atoms with Gasteiger partial charge in [0.05, 0.1) is 9.77 Å². The monoisotopic (exact) mass is 485 g/mol. The predicted molar refractivity (Wildman–Crippen MR) is 133 cm³/mol. The van der Waals surface area contributed by atoms with Crippen molar-refractivity contribution in [1.29, 1.82) is 0 Å². The highest BCUT2D eigenvalue weighted by Crippen LogP contribution is 2.27. The highest BCUT2D eigenvalue weighted by atomic mass is 32.2. The van der Waals surface area contributed by atoms with E-state index in [4.69, 9.17) is 0 Å². The number of hydrogen-bond acceptors (Lipinski definition) is 5. The van der Waals surface area contributed by atoms with Gasteiger partial charge in [0.25, 0.3) is 11.8 Å². The summed E-state index contributed by atoms with van der Waals surface area (Å²) in [5, 5.41) is 7.43. The Morgan fingerprint density at radius 2 is 1.67 bits per heavy atom. The molecule has 0 atom stereocenters. The zero-order chi connectivity index (χ0) is 24.2. The first-order valence-electron chi connectivity index (χ1n) is 10.5. The van der Waals surface area contributed by atoms with Crippen LogP contribution in [0.5, 0.6) is 0 Å². The molecule has 3 aromatic rings. The number of hydrogen-bond donors (Lipinski definition) is 2. The lowest BCUT2D eigenvalue weighted by Gasteiger charge is -2.20. The van der Waals surface area contributed by atoms with Gasteiger partial charge in [-0.3, -0.25) is 9.59 Å². The van der Waals surface area contributed by atoms with E-state index in [1.54, 1.807) is 56.3 Å². The summed E-state index contributed by atoms with van der Waals surface area (Å²) in [4.78, 5) is 26.0. The molecular formula is C24H27N3O4S2. The van der Waals surface area contributed by atoms with Gasteiger partial charge in [0.15, 0.2) is 0 Å². The first kappa shape index (κ1) is 24.6. The van der Waals surface area contributed by atoms with E-state index in [1.807, 2.05) is 19.2 Å². The van der Waals surface area contributed by atoms with E-state index in [9.17, 15) is 18.0 Å². The Bertz CT molecular complexity index is 1260. The summed E-state index contributed by atoms with van der Waals surface area (Å²) >= 11 is 1.33. The second kappa shape index (κ2) is 10.3. The van der Waals surface area contributed by atoms with Crippen LogP contribution in [0.3, 0.4) is 0 Å². The van der Waals surface area contributed by atoms with Crippen LogP contribution >= 0.6 is 11.3 Å². The molecule has 9 heteroatoms. The SMILES string of the molecule is CCN(CC)S(=O)(=O)c1cc(C)c(C)c(NC(=O)c2cccc(NC(=O)c3cccs3)c2)c1. The fourth-order valence-electron chi connectivity index (χ4n) is 3.35. The van der Waals surface area contributed by atoms with Crippen LogP contribution in [0.25, 0.3) is 0 Å². The number of rotatable bonds is 8. The smallest absolute Gasteiger partial charge is 0.265 e. The summed E-state index contributed by atoms with van der Waals surface area (Å²) in [5.41, 5.74) is 2.80. The molecule has 1 heterocycles. The Morgan fingerprint density at radius 1 is 0.939 bits per heavy atom. The van der Waals surface area contributed by atoms with Gasteiger partial charge < -0.3 is 10.6 Å². The molecule has 0 radical (unpaired) electrons. The number of nitrogens with one attached hydrogen (secondary N) is 2. The predicted octanol–water partition coefficient (Wildman–Crippen LogP) is 4.90. The third-order valence-electron chi connectivity index (χ3n) is 5.36. The third-order valence-corrected chi connectivity index (χ3v) is 8.26. The van der Waals surface area contributed by atoms with Crippen molar-refractivity contribution >= 4 is 44.5 Å². The number of anilines is 2. The first-order chi connectivity index (χ1) is 15.7. The topological polar surface area (TPSA) is 95.6 Å². The molecule has 0 aliphatic carbocycles. The minimum Gasteiger partial charge on any atom is -0.322 e. The largest absolute Gasteiger partial charge is 0.322 e. The lowest BCUT2D eigenvalue weighted by Crippen LogP contribution is -2.30. The summed E-state index contributed by atoms with van der Waals surface area (Å²) in [6.07, 6.45) is 0. The molecule has 0 saturated carbocycles. The number of aryl methyl sites for hydroxylation is 1. The van der Waals surface area contributed by atoms with Gasteiger partial charge in [-0.15, -0.1) is 11.3 Å². The average Bonchev–Trinajstić information content (AvgIpc) is 3.32. The zero-order valence-electron chi connectivity index (χ0n) is 19.0. The fraction of sp³-hybridized carbons (Fsp3) is 0.250. The summed E-state index contributed by atoms with van der Waals surface area (Å²) in [5.74, 6) is -0.648. The maximum absolute atomic E-state index is 13.0. The van der Waals surface area contributed by atoms with Gasteiger partial charge in [-0.2, -0.15) is 4.31 Å². The van der Waals surface area contributed by atoms with Gasteiger partial charge in [-0.25, -0.2) is 8.42 Å². The zero-order valence-corrected chi connectivity index (χ0v) is 20.6. The van der Waals surface area contributed by atoms with E-state index in [1.165, 1.54) is 21.7 Å². The highest BCUT2D eigenvalue weighted by Gasteiger charge is 2.23. The minimum atomic E-state index is -3.67.